The lowest BCUT2D eigenvalue weighted by Gasteiger charge is -2.11. The maximum Gasteiger partial charge on any atom is 0.337 e. The third-order valence-electron chi connectivity index (χ3n) is 5.17. The minimum Gasteiger partial charge on any atom is -0.465 e. The van der Waals surface area contributed by atoms with Gasteiger partial charge in [0.2, 0.25) is 5.88 Å². The second kappa shape index (κ2) is 10.8. The van der Waals surface area contributed by atoms with Gasteiger partial charge in [-0.15, -0.1) is 0 Å². The maximum absolute atomic E-state index is 12.0. The Balaban J connectivity index is 1.57. The zero-order valence-corrected chi connectivity index (χ0v) is 19.7. The molecule has 2 aromatic carbocycles. The third-order valence-corrected chi connectivity index (χ3v) is 5.17. The van der Waals surface area contributed by atoms with Crippen LogP contribution < -0.4 is 15.8 Å². The summed E-state index contributed by atoms with van der Waals surface area (Å²) in [4.78, 5) is 32.1. The molecule has 1 amide bonds. The Morgan fingerprint density at radius 1 is 1.19 bits per heavy atom. The maximum atomic E-state index is 12.0. The molecule has 0 aliphatic carbocycles. The van der Waals surface area contributed by atoms with Crippen molar-refractivity contribution in [3.63, 3.8) is 0 Å². The third kappa shape index (κ3) is 5.77. The fourth-order valence-corrected chi connectivity index (χ4v) is 3.42. The highest BCUT2D eigenvalue weighted by Crippen LogP contribution is 2.35. The van der Waals surface area contributed by atoms with Crippen molar-refractivity contribution in [3.8, 4) is 28.8 Å². The van der Waals surface area contributed by atoms with Crippen molar-refractivity contribution in [2.45, 2.75) is 6.54 Å². The van der Waals surface area contributed by atoms with Crippen LogP contribution in [-0.4, -0.2) is 38.7 Å². The molecule has 0 spiro atoms. The second-order valence-electron chi connectivity index (χ2n) is 7.73. The van der Waals surface area contributed by atoms with Crippen LogP contribution >= 0.6 is 0 Å². The zero-order chi connectivity index (χ0) is 26.4. The predicted octanol–water partition coefficient (Wildman–Crippen LogP) is 3.57. The van der Waals surface area contributed by atoms with Gasteiger partial charge in [-0.2, -0.15) is 10.4 Å². The van der Waals surface area contributed by atoms with E-state index in [1.165, 1.54) is 13.4 Å². The number of carbonyl (C=O) groups is 2. The van der Waals surface area contributed by atoms with Gasteiger partial charge in [-0.05, 0) is 29.8 Å². The van der Waals surface area contributed by atoms with Gasteiger partial charge in [0.25, 0.3) is 5.91 Å². The van der Waals surface area contributed by atoms with Crippen molar-refractivity contribution < 1.29 is 19.1 Å². The first-order valence-electron chi connectivity index (χ1n) is 10.9. The number of anilines is 2. The van der Waals surface area contributed by atoms with Crippen LogP contribution in [0.15, 0.2) is 79.4 Å². The Kier molecular flexibility index (Phi) is 7.21. The molecule has 184 valence electrons. The van der Waals surface area contributed by atoms with Gasteiger partial charge in [0, 0.05) is 23.5 Å². The Labute approximate surface area is 211 Å². The quantitative estimate of drug-likeness (QED) is 0.212. The molecule has 3 N–H and O–H groups in total. The summed E-state index contributed by atoms with van der Waals surface area (Å²) in [5.74, 6) is -0.294. The van der Waals surface area contributed by atoms with E-state index >= 15 is 0 Å². The second-order valence-corrected chi connectivity index (χ2v) is 7.73. The zero-order valence-electron chi connectivity index (χ0n) is 19.7. The van der Waals surface area contributed by atoms with Gasteiger partial charge in [-0.3, -0.25) is 9.48 Å². The van der Waals surface area contributed by atoms with Crippen LogP contribution in [0.25, 0.3) is 11.1 Å². The standard InChI is InChI=1S/C26H21N7O4/c1-16(11-27)24(34)32-20-7-4-8-21(10-20)37-25-22(23(28)29-15-30-25)19-12-31-33(14-19)13-17-5-3-6-18(9-17)26(35)36-2/h3-10,12,14-15H,1,13H2,2H3,(H,32,34)(H2,28,29,30). The van der Waals surface area contributed by atoms with Crippen molar-refractivity contribution in [3.05, 3.63) is 90.5 Å². The Morgan fingerprint density at radius 2 is 2.00 bits per heavy atom. The number of hydrogen-bond donors (Lipinski definition) is 2. The number of hydrogen-bond acceptors (Lipinski definition) is 9. The number of aromatic nitrogens is 4. The topological polar surface area (TPSA) is 158 Å². The van der Waals surface area contributed by atoms with Gasteiger partial charge < -0.3 is 20.5 Å². The lowest BCUT2D eigenvalue weighted by Crippen LogP contribution is -2.12. The monoisotopic (exact) mass is 495 g/mol. The van der Waals surface area contributed by atoms with E-state index in [0.717, 1.165) is 5.56 Å². The average Bonchev–Trinajstić information content (AvgIpc) is 3.35. The number of nitrogens with two attached hydrogens (primary N) is 1. The molecule has 0 fully saturated rings. The smallest absolute Gasteiger partial charge is 0.337 e. The van der Waals surface area contributed by atoms with Crippen LogP contribution in [0.5, 0.6) is 11.6 Å². The van der Waals surface area contributed by atoms with E-state index in [4.69, 9.17) is 20.5 Å². The summed E-state index contributed by atoms with van der Waals surface area (Å²) in [6.45, 7) is 3.79. The Bertz CT molecular complexity index is 1540. The van der Waals surface area contributed by atoms with E-state index in [2.05, 4.69) is 27.0 Å². The average molecular weight is 495 g/mol. The van der Waals surface area contributed by atoms with Crippen LogP contribution in [0.3, 0.4) is 0 Å². The summed E-state index contributed by atoms with van der Waals surface area (Å²) in [6.07, 6.45) is 4.65. The largest absolute Gasteiger partial charge is 0.465 e. The molecule has 0 atom stereocenters. The van der Waals surface area contributed by atoms with Gasteiger partial charge in [0.15, 0.2) is 0 Å². The number of methoxy groups -OCH3 is 1. The number of amides is 1. The first-order valence-corrected chi connectivity index (χ1v) is 10.9. The van der Waals surface area contributed by atoms with Crippen LogP contribution in [-0.2, 0) is 16.1 Å². The number of nitrogen functional groups attached to an aromatic ring is 1. The fraction of sp³-hybridized carbons (Fsp3) is 0.0769. The highest BCUT2D eigenvalue weighted by molar-refractivity contribution is 6.06. The summed E-state index contributed by atoms with van der Waals surface area (Å²) < 4.78 is 12.4. The summed E-state index contributed by atoms with van der Waals surface area (Å²) in [6, 6.07) is 15.3. The van der Waals surface area contributed by atoms with Crippen LogP contribution in [0, 0.1) is 11.3 Å². The number of ether oxygens (including phenoxy) is 2. The molecule has 11 heteroatoms. The molecule has 37 heavy (non-hydrogen) atoms. The summed E-state index contributed by atoms with van der Waals surface area (Å²) >= 11 is 0. The first kappa shape index (κ1) is 24.6. The lowest BCUT2D eigenvalue weighted by atomic mass is 10.1. The number of carbonyl (C=O) groups excluding carboxylic acids is 2. The molecule has 11 nitrogen and oxygen atoms in total. The summed E-state index contributed by atoms with van der Waals surface area (Å²) in [5.41, 5.74) is 8.70. The SMILES string of the molecule is C=C(C#N)C(=O)Nc1cccc(Oc2ncnc(N)c2-c2cnn(Cc3cccc(C(=O)OC)c3)c2)c1. The molecule has 0 aliphatic rings. The minimum absolute atomic E-state index is 0.185. The molecule has 0 saturated heterocycles. The van der Waals surface area contributed by atoms with Crippen molar-refractivity contribution in [1.82, 2.24) is 19.7 Å². The molecule has 0 radical (unpaired) electrons. The first-order chi connectivity index (χ1) is 17.9. The van der Waals surface area contributed by atoms with E-state index in [1.807, 2.05) is 6.07 Å². The number of nitriles is 1. The molecular formula is C26H21N7O4. The number of nitrogens with zero attached hydrogens (tertiary/aromatic N) is 5. The summed E-state index contributed by atoms with van der Waals surface area (Å²) in [7, 11) is 1.33. The number of rotatable bonds is 8. The van der Waals surface area contributed by atoms with Gasteiger partial charge in [-0.25, -0.2) is 14.8 Å². The predicted molar refractivity (Wildman–Crippen MR) is 134 cm³/mol. The summed E-state index contributed by atoms with van der Waals surface area (Å²) in [5, 5.41) is 15.8. The van der Waals surface area contributed by atoms with Crippen LogP contribution in [0.2, 0.25) is 0 Å². The van der Waals surface area contributed by atoms with Crippen LogP contribution in [0.4, 0.5) is 11.5 Å². The van der Waals surface area contributed by atoms with E-state index in [9.17, 15) is 9.59 Å². The van der Waals surface area contributed by atoms with Gasteiger partial charge >= 0.3 is 5.97 Å². The van der Waals surface area contributed by atoms with Crippen molar-refractivity contribution in [2.75, 3.05) is 18.2 Å². The van der Waals surface area contributed by atoms with Gasteiger partial charge in [0.1, 0.15) is 29.5 Å². The molecule has 0 aliphatic heterocycles. The number of benzene rings is 2. The molecule has 0 unspecified atom stereocenters. The molecule has 0 saturated carbocycles. The Morgan fingerprint density at radius 3 is 2.78 bits per heavy atom. The normalized spacial score (nSPS) is 10.3. The fourth-order valence-electron chi connectivity index (χ4n) is 3.42. The van der Waals surface area contributed by atoms with Gasteiger partial charge in [0.05, 0.1) is 31.0 Å². The highest BCUT2D eigenvalue weighted by Gasteiger charge is 2.17. The van der Waals surface area contributed by atoms with Crippen molar-refractivity contribution in [1.29, 1.82) is 5.26 Å². The lowest BCUT2D eigenvalue weighted by molar-refractivity contribution is -0.112. The molecule has 4 aromatic rings. The number of nitrogens with one attached hydrogen (secondary N) is 1. The molecule has 4 rings (SSSR count). The Hall–Kier alpha value is -5.50. The molecule has 0 bridgehead atoms. The van der Waals surface area contributed by atoms with E-state index < -0.39 is 11.9 Å². The number of esters is 1. The van der Waals surface area contributed by atoms with Crippen molar-refractivity contribution in [2.24, 2.45) is 0 Å². The molecule has 2 aromatic heterocycles. The van der Waals surface area contributed by atoms with Gasteiger partial charge in [-0.1, -0.05) is 24.8 Å². The van der Waals surface area contributed by atoms with E-state index in [-0.39, 0.29) is 17.3 Å². The van der Waals surface area contributed by atoms with E-state index in [1.54, 1.807) is 65.6 Å². The van der Waals surface area contributed by atoms with Crippen LogP contribution in [0.1, 0.15) is 15.9 Å². The van der Waals surface area contributed by atoms with E-state index in [0.29, 0.717) is 34.7 Å². The van der Waals surface area contributed by atoms with Crippen molar-refractivity contribution >= 4 is 23.4 Å². The molecule has 2 heterocycles. The highest BCUT2D eigenvalue weighted by atomic mass is 16.5. The minimum atomic E-state index is -0.615. The molecular weight excluding hydrogens is 474 g/mol.